The standard InChI is InChI=1S/C32H30N4O3S/c1-5-39-25-15-13-23(14-16-25)30-26(18-33)32(40-19-28(37)36-27-17-20(2)11-12-21(27)3)34-22(4)29(30)31(38)35-24-9-7-6-8-10-24/h6-17H,5,19H2,1-4H3,(H,35,38)(H,36,37). The van der Waals surface area contributed by atoms with Crippen LogP contribution in [0.3, 0.4) is 0 Å². The lowest BCUT2D eigenvalue weighted by Gasteiger charge is -2.17. The Bertz CT molecular complexity index is 1580. The van der Waals surface area contributed by atoms with Crippen LogP contribution in [0.4, 0.5) is 11.4 Å². The summed E-state index contributed by atoms with van der Waals surface area (Å²) in [6.07, 6.45) is 0. The number of carbonyl (C=O) groups excluding carboxylic acids is 2. The molecule has 0 saturated carbocycles. The zero-order chi connectivity index (χ0) is 28.6. The second kappa shape index (κ2) is 13.0. The van der Waals surface area contributed by atoms with Crippen molar-refractivity contribution in [3.05, 3.63) is 101 Å². The Balaban J connectivity index is 1.71. The van der Waals surface area contributed by atoms with Crippen LogP contribution in [0, 0.1) is 32.1 Å². The molecule has 0 fully saturated rings. The average molecular weight is 551 g/mol. The van der Waals surface area contributed by atoms with E-state index in [1.165, 1.54) is 11.8 Å². The molecule has 2 N–H and O–H groups in total. The Morgan fingerprint density at radius 1 is 0.975 bits per heavy atom. The number of para-hydroxylation sites is 1. The fourth-order valence-corrected chi connectivity index (χ4v) is 5.08. The molecule has 8 heteroatoms. The predicted octanol–water partition coefficient (Wildman–Crippen LogP) is 6.93. The number of aromatic nitrogens is 1. The highest BCUT2D eigenvalue weighted by Crippen LogP contribution is 2.36. The van der Waals surface area contributed by atoms with Gasteiger partial charge in [-0.3, -0.25) is 9.59 Å². The summed E-state index contributed by atoms with van der Waals surface area (Å²) in [5, 5.41) is 16.5. The maximum atomic E-state index is 13.6. The van der Waals surface area contributed by atoms with Crippen LogP contribution in [0.2, 0.25) is 0 Å². The number of benzene rings is 3. The minimum Gasteiger partial charge on any atom is -0.494 e. The van der Waals surface area contributed by atoms with Gasteiger partial charge in [-0.25, -0.2) is 4.98 Å². The fraction of sp³-hybridized carbons (Fsp3) is 0.188. The van der Waals surface area contributed by atoms with Gasteiger partial charge in [0, 0.05) is 16.9 Å². The summed E-state index contributed by atoms with van der Waals surface area (Å²) in [5.41, 5.74) is 5.50. The van der Waals surface area contributed by atoms with Crippen LogP contribution in [0.15, 0.2) is 77.8 Å². The van der Waals surface area contributed by atoms with Gasteiger partial charge in [0.2, 0.25) is 5.91 Å². The quantitative estimate of drug-likeness (QED) is 0.219. The maximum absolute atomic E-state index is 13.6. The molecule has 0 unspecified atom stereocenters. The molecule has 0 bridgehead atoms. The van der Waals surface area contributed by atoms with Crippen LogP contribution in [0.25, 0.3) is 11.1 Å². The summed E-state index contributed by atoms with van der Waals surface area (Å²) in [6, 6.07) is 24.5. The minimum absolute atomic E-state index is 0.0484. The number of aryl methyl sites for hydroxylation is 3. The topological polar surface area (TPSA) is 104 Å². The highest BCUT2D eigenvalue weighted by molar-refractivity contribution is 8.00. The number of rotatable bonds is 9. The van der Waals surface area contributed by atoms with Crippen LogP contribution >= 0.6 is 11.8 Å². The van der Waals surface area contributed by atoms with Crippen molar-refractivity contribution < 1.29 is 14.3 Å². The Labute approximate surface area is 238 Å². The molecule has 1 heterocycles. The molecule has 0 saturated heterocycles. The van der Waals surface area contributed by atoms with Crippen LogP contribution in [0.5, 0.6) is 5.75 Å². The lowest BCUT2D eigenvalue weighted by atomic mass is 9.94. The number of nitrogens with one attached hydrogen (secondary N) is 2. The number of ether oxygens (including phenoxy) is 1. The highest BCUT2D eigenvalue weighted by Gasteiger charge is 2.25. The number of hydrogen-bond acceptors (Lipinski definition) is 6. The van der Waals surface area contributed by atoms with Gasteiger partial charge in [-0.05, 0) is 74.7 Å². The molecule has 0 aliphatic carbocycles. The second-order valence-corrected chi connectivity index (χ2v) is 10.1. The summed E-state index contributed by atoms with van der Waals surface area (Å²) in [6.45, 7) is 8.06. The first-order chi connectivity index (χ1) is 19.3. The Morgan fingerprint density at radius 3 is 2.38 bits per heavy atom. The lowest BCUT2D eigenvalue weighted by Crippen LogP contribution is -2.18. The van der Waals surface area contributed by atoms with E-state index in [1.54, 1.807) is 31.2 Å². The first kappa shape index (κ1) is 28.4. The SMILES string of the molecule is CCOc1ccc(-c2c(C#N)c(SCC(=O)Nc3cc(C)ccc3C)nc(C)c2C(=O)Nc2ccccc2)cc1. The van der Waals surface area contributed by atoms with E-state index in [0.29, 0.717) is 45.5 Å². The monoisotopic (exact) mass is 550 g/mol. The Morgan fingerprint density at radius 2 is 1.70 bits per heavy atom. The van der Waals surface area contributed by atoms with E-state index in [2.05, 4.69) is 21.7 Å². The van der Waals surface area contributed by atoms with E-state index in [-0.39, 0.29) is 23.1 Å². The molecule has 202 valence electrons. The summed E-state index contributed by atoms with van der Waals surface area (Å²) in [7, 11) is 0. The van der Waals surface area contributed by atoms with Gasteiger partial charge in [0.05, 0.1) is 29.2 Å². The first-order valence-corrected chi connectivity index (χ1v) is 13.8. The van der Waals surface area contributed by atoms with E-state index in [9.17, 15) is 14.9 Å². The van der Waals surface area contributed by atoms with E-state index in [4.69, 9.17) is 4.74 Å². The van der Waals surface area contributed by atoms with E-state index in [1.807, 2.05) is 69.3 Å². The van der Waals surface area contributed by atoms with Crippen LogP contribution in [0.1, 0.15) is 39.7 Å². The molecule has 1 aromatic heterocycles. The van der Waals surface area contributed by atoms with Gasteiger partial charge in [0.25, 0.3) is 5.91 Å². The summed E-state index contributed by atoms with van der Waals surface area (Å²) >= 11 is 1.17. The summed E-state index contributed by atoms with van der Waals surface area (Å²) in [5.74, 6) is 0.146. The van der Waals surface area contributed by atoms with Gasteiger partial charge in [-0.1, -0.05) is 54.2 Å². The summed E-state index contributed by atoms with van der Waals surface area (Å²) in [4.78, 5) is 31.0. The number of thioether (sulfide) groups is 1. The number of nitriles is 1. The van der Waals surface area contributed by atoms with Crippen molar-refractivity contribution in [2.45, 2.75) is 32.7 Å². The number of anilines is 2. The largest absolute Gasteiger partial charge is 0.494 e. The molecule has 0 aliphatic heterocycles. The third-order valence-corrected chi connectivity index (χ3v) is 7.15. The number of amides is 2. The summed E-state index contributed by atoms with van der Waals surface area (Å²) < 4.78 is 5.58. The maximum Gasteiger partial charge on any atom is 0.258 e. The van der Waals surface area contributed by atoms with Crippen molar-refractivity contribution in [1.29, 1.82) is 5.26 Å². The van der Waals surface area contributed by atoms with Crippen molar-refractivity contribution in [1.82, 2.24) is 4.98 Å². The van der Waals surface area contributed by atoms with Crippen molar-refractivity contribution in [2.75, 3.05) is 23.0 Å². The van der Waals surface area contributed by atoms with E-state index < -0.39 is 0 Å². The molecule has 7 nitrogen and oxygen atoms in total. The zero-order valence-corrected chi connectivity index (χ0v) is 23.7. The third-order valence-electron chi connectivity index (χ3n) is 6.18. The Kier molecular flexibility index (Phi) is 9.20. The van der Waals surface area contributed by atoms with E-state index >= 15 is 0 Å². The number of nitrogens with zero attached hydrogens (tertiary/aromatic N) is 2. The van der Waals surface area contributed by atoms with Gasteiger partial charge < -0.3 is 15.4 Å². The van der Waals surface area contributed by atoms with Gasteiger partial charge in [-0.2, -0.15) is 5.26 Å². The molecule has 2 amide bonds. The molecule has 0 atom stereocenters. The van der Waals surface area contributed by atoms with Crippen molar-refractivity contribution in [3.63, 3.8) is 0 Å². The molecular formula is C32H30N4O3S. The van der Waals surface area contributed by atoms with Crippen molar-refractivity contribution in [3.8, 4) is 22.9 Å². The van der Waals surface area contributed by atoms with Gasteiger partial charge in [-0.15, -0.1) is 0 Å². The smallest absolute Gasteiger partial charge is 0.258 e. The van der Waals surface area contributed by atoms with Crippen LogP contribution in [-0.2, 0) is 4.79 Å². The molecule has 0 radical (unpaired) electrons. The average Bonchev–Trinajstić information content (AvgIpc) is 2.94. The highest BCUT2D eigenvalue weighted by atomic mass is 32.2. The molecule has 0 spiro atoms. The lowest BCUT2D eigenvalue weighted by molar-refractivity contribution is -0.113. The fourth-order valence-electron chi connectivity index (χ4n) is 4.24. The molecule has 4 aromatic rings. The molecule has 4 rings (SSSR count). The van der Waals surface area contributed by atoms with Gasteiger partial charge in [0.1, 0.15) is 16.8 Å². The van der Waals surface area contributed by atoms with Crippen LogP contribution in [-0.4, -0.2) is 29.2 Å². The molecular weight excluding hydrogens is 520 g/mol. The van der Waals surface area contributed by atoms with Gasteiger partial charge >= 0.3 is 0 Å². The molecule has 0 aliphatic rings. The Hall–Kier alpha value is -4.61. The molecule has 3 aromatic carbocycles. The minimum atomic E-state index is -0.374. The number of carbonyl (C=O) groups is 2. The van der Waals surface area contributed by atoms with Crippen molar-refractivity contribution in [2.24, 2.45) is 0 Å². The van der Waals surface area contributed by atoms with Gasteiger partial charge in [0.15, 0.2) is 0 Å². The molecule has 40 heavy (non-hydrogen) atoms. The predicted molar refractivity (Wildman–Crippen MR) is 160 cm³/mol. The normalized spacial score (nSPS) is 10.5. The number of pyridine rings is 1. The van der Waals surface area contributed by atoms with E-state index in [0.717, 1.165) is 16.8 Å². The zero-order valence-electron chi connectivity index (χ0n) is 22.9. The van der Waals surface area contributed by atoms with Crippen LogP contribution < -0.4 is 15.4 Å². The van der Waals surface area contributed by atoms with Crippen molar-refractivity contribution >= 4 is 35.0 Å². The third kappa shape index (κ3) is 6.68. The first-order valence-electron chi connectivity index (χ1n) is 12.8. The number of hydrogen-bond donors (Lipinski definition) is 2. The second-order valence-electron chi connectivity index (χ2n) is 9.17.